The maximum Gasteiger partial charge on any atom is 0.404 e. The number of amides is 4. The zero-order valence-electron chi connectivity index (χ0n) is 25.2. The maximum absolute atomic E-state index is 13.5. The number of likely N-dealkylation sites (tertiary alicyclic amines) is 2. The van der Waals surface area contributed by atoms with Gasteiger partial charge in [-0.1, -0.05) is 68.8 Å². The van der Waals surface area contributed by atoms with E-state index >= 15 is 0 Å². The first-order chi connectivity index (χ1) is 20.6. The highest BCUT2D eigenvalue weighted by Crippen LogP contribution is 2.35. The van der Waals surface area contributed by atoms with Crippen molar-refractivity contribution in [1.29, 1.82) is 0 Å². The lowest BCUT2D eigenvalue weighted by Gasteiger charge is -2.43. The molecule has 3 fully saturated rings. The molecular formula is C33H42N4O6. The largest absolute Gasteiger partial charge is 0.486 e. The van der Waals surface area contributed by atoms with Crippen LogP contribution < -0.4 is 15.8 Å². The van der Waals surface area contributed by atoms with Gasteiger partial charge in [0, 0.05) is 31.6 Å². The Balaban J connectivity index is 1.33. The van der Waals surface area contributed by atoms with E-state index in [4.69, 9.17) is 19.9 Å². The zero-order chi connectivity index (χ0) is 30.6. The van der Waals surface area contributed by atoms with Gasteiger partial charge < -0.3 is 35.1 Å². The molecule has 1 unspecified atom stereocenters. The van der Waals surface area contributed by atoms with Gasteiger partial charge in [0.05, 0.1) is 12.1 Å². The Labute approximate surface area is 253 Å². The molecule has 0 aliphatic carbocycles. The van der Waals surface area contributed by atoms with Crippen molar-refractivity contribution in [3.05, 3.63) is 71.3 Å². The molecule has 10 heteroatoms. The Morgan fingerprint density at radius 2 is 1.74 bits per heavy atom. The number of nitrogens with two attached hydrogens (primary N) is 1. The van der Waals surface area contributed by atoms with Gasteiger partial charge in [-0.25, -0.2) is 9.59 Å². The number of nitrogens with one attached hydrogen (secondary N) is 1. The lowest BCUT2D eigenvalue weighted by molar-refractivity contribution is -0.139. The van der Waals surface area contributed by atoms with Crippen LogP contribution in [-0.2, 0) is 14.3 Å². The van der Waals surface area contributed by atoms with Crippen LogP contribution in [0.1, 0.15) is 51.2 Å². The smallest absolute Gasteiger partial charge is 0.404 e. The van der Waals surface area contributed by atoms with E-state index in [0.717, 1.165) is 36.0 Å². The number of morpholine rings is 1. The molecule has 4 amide bonds. The van der Waals surface area contributed by atoms with Crippen LogP contribution in [0.25, 0.3) is 5.57 Å². The molecule has 2 aromatic rings. The standard InChI is InChI=1S/C33H42N4O6/c1-33(2,3)28(20-42-31(34)39)43-25-11-7-10-24(18-25)30(22-8-5-4-6-9-22)23-12-15-36(16-13-23)32(40)37-17-14-27-26(19-37)35-29(38)21-41-27/h4-11,18,26-28H,12-17,19-21H2,1-3H3,(H2,34,39)(H,35,38)/t26-,27+,28?/m1/s1. The molecule has 43 heavy (non-hydrogen) atoms. The minimum atomic E-state index is -0.827. The Hall–Kier alpha value is -4.05. The first-order valence-corrected chi connectivity index (χ1v) is 15.0. The van der Waals surface area contributed by atoms with Crippen molar-refractivity contribution in [3.63, 3.8) is 0 Å². The molecule has 3 aliphatic rings. The van der Waals surface area contributed by atoms with Crippen LogP contribution in [0.2, 0.25) is 0 Å². The quantitative estimate of drug-likeness (QED) is 0.520. The summed E-state index contributed by atoms with van der Waals surface area (Å²) in [6.45, 7) is 8.55. The fourth-order valence-electron chi connectivity index (χ4n) is 5.98. The van der Waals surface area contributed by atoms with Gasteiger partial charge in [-0.3, -0.25) is 4.79 Å². The number of fused-ring (bicyclic) bond motifs is 1. The van der Waals surface area contributed by atoms with Gasteiger partial charge in [-0.05, 0) is 48.1 Å². The normalized spacial score (nSPS) is 21.4. The van der Waals surface area contributed by atoms with Gasteiger partial charge in [0.15, 0.2) is 0 Å². The lowest BCUT2D eigenvalue weighted by Crippen LogP contribution is -2.62. The number of rotatable bonds is 6. The molecule has 0 radical (unpaired) electrons. The maximum atomic E-state index is 13.5. The van der Waals surface area contributed by atoms with Crippen LogP contribution in [0.4, 0.5) is 9.59 Å². The number of primary amides is 1. The Kier molecular flexibility index (Phi) is 9.25. The van der Waals surface area contributed by atoms with Crippen LogP contribution >= 0.6 is 0 Å². The summed E-state index contributed by atoms with van der Waals surface area (Å²) in [5.74, 6) is 0.549. The third-order valence-corrected chi connectivity index (χ3v) is 8.39. The molecule has 2 aromatic carbocycles. The first kappa shape index (κ1) is 30.4. The van der Waals surface area contributed by atoms with Gasteiger partial charge in [-0.2, -0.15) is 0 Å². The minimum Gasteiger partial charge on any atom is -0.486 e. The fourth-order valence-corrected chi connectivity index (χ4v) is 5.98. The second-order valence-electron chi connectivity index (χ2n) is 12.5. The number of piperidine rings is 2. The Bertz CT molecular complexity index is 1340. The van der Waals surface area contributed by atoms with E-state index in [1.807, 2.05) is 67.0 Å². The van der Waals surface area contributed by atoms with E-state index in [9.17, 15) is 14.4 Å². The van der Waals surface area contributed by atoms with Gasteiger partial charge in [0.2, 0.25) is 5.91 Å². The number of carbonyl (C=O) groups is 3. The molecule has 230 valence electrons. The molecule has 0 bridgehead atoms. The molecule has 5 rings (SSSR count). The molecule has 10 nitrogen and oxygen atoms in total. The number of hydrogen-bond donors (Lipinski definition) is 2. The van der Waals surface area contributed by atoms with Crippen LogP contribution in [0.15, 0.2) is 60.2 Å². The van der Waals surface area contributed by atoms with Crippen molar-refractivity contribution < 1.29 is 28.6 Å². The number of carbonyl (C=O) groups excluding carboxylic acids is 3. The second-order valence-corrected chi connectivity index (χ2v) is 12.5. The number of ether oxygens (including phenoxy) is 3. The summed E-state index contributed by atoms with van der Waals surface area (Å²) in [7, 11) is 0. The highest BCUT2D eigenvalue weighted by molar-refractivity contribution is 5.83. The summed E-state index contributed by atoms with van der Waals surface area (Å²) in [4.78, 5) is 40.3. The van der Waals surface area contributed by atoms with E-state index in [0.29, 0.717) is 31.9 Å². The number of benzene rings is 2. The van der Waals surface area contributed by atoms with Crippen molar-refractivity contribution in [2.75, 3.05) is 39.4 Å². The predicted octanol–water partition coefficient (Wildman–Crippen LogP) is 4.18. The predicted molar refractivity (Wildman–Crippen MR) is 162 cm³/mol. The molecule has 0 aromatic heterocycles. The van der Waals surface area contributed by atoms with Crippen molar-refractivity contribution in [2.24, 2.45) is 11.1 Å². The monoisotopic (exact) mass is 590 g/mol. The summed E-state index contributed by atoms with van der Waals surface area (Å²) in [6, 6.07) is 18.1. The molecular weight excluding hydrogens is 548 g/mol. The average Bonchev–Trinajstić information content (AvgIpc) is 2.99. The summed E-state index contributed by atoms with van der Waals surface area (Å²) >= 11 is 0. The SMILES string of the molecule is CC(C)(C)C(COC(N)=O)Oc1cccc(C(=C2CCN(C(=O)N3CC[C@@H]4OCC(=O)N[C@@H]4C3)CC2)c2ccccc2)c1. The molecule has 3 aliphatic heterocycles. The van der Waals surface area contributed by atoms with Crippen molar-refractivity contribution in [1.82, 2.24) is 15.1 Å². The van der Waals surface area contributed by atoms with Crippen LogP contribution in [-0.4, -0.2) is 85.5 Å². The van der Waals surface area contributed by atoms with Gasteiger partial charge in [0.1, 0.15) is 25.1 Å². The third-order valence-electron chi connectivity index (χ3n) is 8.39. The van der Waals surface area contributed by atoms with E-state index in [2.05, 4.69) is 23.5 Å². The van der Waals surface area contributed by atoms with Crippen molar-refractivity contribution in [3.8, 4) is 5.75 Å². The molecule has 3 atom stereocenters. The number of urea groups is 1. The average molecular weight is 591 g/mol. The fraction of sp³-hybridized carbons (Fsp3) is 0.485. The summed E-state index contributed by atoms with van der Waals surface area (Å²) in [5.41, 5.74) is 9.48. The third kappa shape index (κ3) is 7.48. The highest BCUT2D eigenvalue weighted by atomic mass is 16.6. The first-order valence-electron chi connectivity index (χ1n) is 15.0. The van der Waals surface area contributed by atoms with Crippen LogP contribution in [0.5, 0.6) is 5.75 Å². The molecule has 3 N–H and O–H groups in total. The minimum absolute atomic E-state index is 0.0142. The molecule has 3 heterocycles. The topological polar surface area (TPSA) is 123 Å². The number of hydrogen-bond acceptors (Lipinski definition) is 6. The van der Waals surface area contributed by atoms with Gasteiger partial charge in [0.25, 0.3) is 0 Å². The van der Waals surface area contributed by atoms with Crippen molar-refractivity contribution in [2.45, 2.75) is 58.3 Å². The Morgan fingerprint density at radius 3 is 2.44 bits per heavy atom. The number of nitrogens with zero attached hydrogens (tertiary/aromatic N) is 2. The van der Waals surface area contributed by atoms with E-state index in [1.54, 1.807) is 0 Å². The van der Waals surface area contributed by atoms with E-state index in [-0.39, 0.29) is 42.7 Å². The lowest BCUT2D eigenvalue weighted by atomic mass is 9.88. The highest BCUT2D eigenvalue weighted by Gasteiger charge is 2.38. The molecule has 0 spiro atoms. The van der Waals surface area contributed by atoms with Crippen molar-refractivity contribution >= 4 is 23.6 Å². The summed E-state index contributed by atoms with van der Waals surface area (Å²) < 4.78 is 17.1. The van der Waals surface area contributed by atoms with Crippen LogP contribution in [0.3, 0.4) is 0 Å². The van der Waals surface area contributed by atoms with Crippen LogP contribution in [0, 0.1) is 5.41 Å². The van der Waals surface area contributed by atoms with Gasteiger partial charge >= 0.3 is 12.1 Å². The molecule has 3 saturated heterocycles. The van der Waals surface area contributed by atoms with E-state index < -0.39 is 12.2 Å². The summed E-state index contributed by atoms with van der Waals surface area (Å²) in [6.07, 6.45) is 0.968. The zero-order valence-corrected chi connectivity index (χ0v) is 25.2. The molecule has 0 saturated carbocycles. The summed E-state index contributed by atoms with van der Waals surface area (Å²) in [5, 5.41) is 2.98. The second kappa shape index (κ2) is 13.1. The van der Waals surface area contributed by atoms with E-state index in [1.165, 1.54) is 5.57 Å². The Morgan fingerprint density at radius 1 is 1.02 bits per heavy atom. The van der Waals surface area contributed by atoms with Gasteiger partial charge in [-0.15, -0.1) is 0 Å².